The highest BCUT2D eigenvalue weighted by Gasteiger charge is 2.09. The van der Waals surface area contributed by atoms with Gasteiger partial charge in [0.2, 0.25) is 5.91 Å². The predicted molar refractivity (Wildman–Crippen MR) is 65.0 cm³/mol. The fraction of sp³-hybridized carbons (Fsp3) is 0.769. The fourth-order valence-corrected chi connectivity index (χ4v) is 1.94. The molecule has 0 heterocycles. The summed E-state index contributed by atoms with van der Waals surface area (Å²) < 4.78 is 0. The largest absolute Gasteiger partial charge is 0.396 e. The number of hydrogen-bond donors (Lipinski definition) is 2. The molecular weight excluding hydrogens is 202 g/mol. The Bertz CT molecular complexity index is 248. The summed E-state index contributed by atoms with van der Waals surface area (Å²) in [5.74, 6) is 0.479. The van der Waals surface area contributed by atoms with Crippen LogP contribution < -0.4 is 5.32 Å². The van der Waals surface area contributed by atoms with Crippen molar-refractivity contribution in [1.82, 2.24) is 5.32 Å². The average molecular weight is 225 g/mol. The summed E-state index contributed by atoms with van der Waals surface area (Å²) in [4.78, 5) is 11.6. The van der Waals surface area contributed by atoms with Crippen molar-refractivity contribution in [3.63, 3.8) is 0 Å². The van der Waals surface area contributed by atoms with Crippen LogP contribution in [-0.4, -0.2) is 24.2 Å². The third kappa shape index (κ3) is 5.31. The number of aliphatic hydroxyl groups is 1. The van der Waals surface area contributed by atoms with Crippen LogP contribution in [-0.2, 0) is 4.79 Å². The van der Waals surface area contributed by atoms with Crippen LogP contribution in [0.15, 0.2) is 11.6 Å². The Hall–Kier alpha value is -0.830. The first-order chi connectivity index (χ1) is 7.72. The summed E-state index contributed by atoms with van der Waals surface area (Å²) >= 11 is 0. The summed E-state index contributed by atoms with van der Waals surface area (Å²) in [5.41, 5.74) is 1.29. The second-order valence-corrected chi connectivity index (χ2v) is 4.71. The van der Waals surface area contributed by atoms with Gasteiger partial charge in [-0.1, -0.05) is 18.6 Å². The zero-order valence-electron chi connectivity index (χ0n) is 10.2. The Balaban J connectivity index is 2.17. The second kappa shape index (κ2) is 7.44. The van der Waals surface area contributed by atoms with Crippen molar-refractivity contribution in [1.29, 1.82) is 0 Å². The lowest BCUT2D eigenvalue weighted by molar-refractivity contribution is -0.120. The van der Waals surface area contributed by atoms with Gasteiger partial charge in [-0.3, -0.25) is 4.79 Å². The van der Waals surface area contributed by atoms with Gasteiger partial charge in [-0.15, -0.1) is 0 Å². The van der Waals surface area contributed by atoms with E-state index in [-0.39, 0.29) is 12.5 Å². The molecule has 1 unspecified atom stereocenters. The quantitative estimate of drug-likeness (QED) is 0.679. The zero-order chi connectivity index (χ0) is 11.8. The van der Waals surface area contributed by atoms with Crippen LogP contribution in [0.1, 0.15) is 45.4 Å². The van der Waals surface area contributed by atoms with E-state index in [0.717, 1.165) is 19.3 Å². The third-order valence-corrected chi connectivity index (χ3v) is 3.04. The minimum Gasteiger partial charge on any atom is -0.396 e. The van der Waals surface area contributed by atoms with Gasteiger partial charge in [-0.25, -0.2) is 0 Å². The number of carbonyl (C=O) groups excluding carboxylic acids is 1. The van der Waals surface area contributed by atoms with Crippen molar-refractivity contribution >= 4 is 5.91 Å². The highest BCUT2D eigenvalue weighted by Crippen LogP contribution is 2.19. The summed E-state index contributed by atoms with van der Waals surface area (Å²) in [7, 11) is 0. The Morgan fingerprint density at radius 3 is 3.00 bits per heavy atom. The van der Waals surface area contributed by atoms with Crippen LogP contribution in [0.5, 0.6) is 0 Å². The summed E-state index contributed by atoms with van der Waals surface area (Å²) in [6.45, 7) is 2.91. The van der Waals surface area contributed by atoms with Gasteiger partial charge in [0.15, 0.2) is 0 Å². The number of nitrogens with one attached hydrogen (secondary N) is 1. The van der Waals surface area contributed by atoms with E-state index in [0.29, 0.717) is 18.9 Å². The molecule has 0 aromatic rings. The van der Waals surface area contributed by atoms with Crippen LogP contribution in [0.4, 0.5) is 0 Å². The number of hydrogen-bond acceptors (Lipinski definition) is 2. The van der Waals surface area contributed by atoms with Crippen molar-refractivity contribution in [2.75, 3.05) is 13.2 Å². The van der Waals surface area contributed by atoms with Crippen LogP contribution >= 0.6 is 0 Å². The summed E-state index contributed by atoms with van der Waals surface area (Å²) in [6, 6.07) is 0. The molecule has 0 aliphatic heterocycles. The molecule has 0 spiro atoms. The molecule has 0 fully saturated rings. The molecule has 0 radical (unpaired) electrons. The minimum absolute atomic E-state index is 0.123. The van der Waals surface area contributed by atoms with Crippen molar-refractivity contribution in [2.45, 2.75) is 45.4 Å². The van der Waals surface area contributed by atoms with Gasteiger partial charge in [0.05, 0.1) is 0 Å². The van der Waals surface area contributed by atoms with Crippen molar-refractivity contribution < 1.29 is 9.90 Å². The minimum atomic E-state index is 0.123. The van der Waals surface area contributed by atoms with Gasteiger partial charge in [0.25, 0.3) is 0 Å². The van der Waals surface area contributed by atoms with E-state index in [2.05, 4.69) is 11.4 Å². The molecule has 0 saturated carbocycles. The highest BCUT2D eigenvalue weighted by molar-refractivity contribution is 5.78. The number of aliphatic hydroxyl groups excluding tert-OH is 1. The molecule has 1 atom stereocenters. The van der Waals surface area contributed by atoms with E-state index in [4.69, 9.17) is 5.11 Å². The van der Waals surface area contributed by atoms with Crippen LogP contribution in [0.25, 0.3) is 0 Å². The topological polar surface area (TPSA) is 49.3 Å². The zero-order valence-corrected chi connectivity index (χ0v) is 10.2. The number of amides is 1. The fourth-order valence-electron chi connectivity index (χ4n) is 1.94. The molecule has 1 aliphatic rings. The van der Waals surface area contributed by atoms with Crippen LogP contribution in [0.3, 0.4) is 0 Å². The number of allylic oxidation sites excluding steroid dienone is 1. The van der Waals surface area contributed by atoms with E-state index >= 15 is 0 Å². The molecule has 3 nitrogen and oxygen atoms in total. The lowest BCUT2D eigenvalue weighted by atomic mass is 9.97. The maximum Gasteiger partial charge on any atom is 0.224 e. The first-order valence-electron chi connectivity index (χ1n) is 6.28. The van der Waals surface area contributed by atoms with Gasteiger partial charge in [-0.05, 0) is 38.0 Å². The van der Waals surface area contributed by atoms with Gasteiger partial charge >= 0.3 is 0 Å². The number of rotatable bonds is 6. The Morgan fingerprint density at radius 1 is 1.56 bits per heavy atom. The Kier molecular flexibility index (Phi) is 6.16. The molecule has 1 amide bonds. The Morgan fingerprint density at radius 2 is 2.38 bits per heavy atom. The lowest BCUT2D eigenvalue weighted by Gasteiger charge is -2.14. The molecule has 0 bridgehead atoms. The van der Waals surface area contributed by atoms with Gasteiger partial charge < -0.3 is 10.4 Å². The molecule has 0 aromatic heterocycles. The second-order valence-electron chi connectivity index (χ2n) is 4.71. The Labute approximate surface area is 97.9 Å². The smallest absolute Gasteiger partial charge is 0.224 e. The monoisotopic (exact) mass is 225 g/mol. The standard InChI is InChI=1S/C13H23NO2/c1-11(7-8-15)10-14-13(16)9-12-5-3-2-4-6-12/h5,11,15H,2-4,6-10H2,1H3,(H,14,16). The number of carbonyl (C=O) groups is 1. The van der Waals surface area contributed by atoms with Crippen molar-refractivity contribution in [3.05, 3.63) is 11.6 Å². The molecule has 1 aliphatic carbocycles. The lowest BCUT2D eigenvalue weighted by Crippen LogP contribution is -2.28. The van der Waals surface area contributed by atoms with Crippen LogP contribution in [0.2, 0.25) is 0 Å². The summed E-state index contributed by atoms with van der Waals surface area (Å²) in [5, 5.41) is 11.7. The first kappa shape index (κ1) is 13.2. The van der Waals surface area contributed by atoms with E-state index in [1.807, 2.05) is 6.92 Å². The molecule has 0 aromatic carbocycles. The molecule has 3 heteroatoms. The van der Waals surface area contributed by atoms with E-state index in [9.17, 15) is 4.79 Å². The molecular formula is C13H23NO2. The van der Waals surface area contributed by atoms with E-state index in [1.165, 1.54) is 18.4 Å². The maximum atomic E-state index is 11.6. The molecule has 0 saturated heterocycles. The average Bonchev–Trinajstić information content (AvgIpc) is 2.28. The van der Waals surface area contributed by atoms with Crippen molar-refractivity contribution in [2.24, 2.45) is 5.92 Å². The first-order valence-corrected chi connectivity index (χ1v) is 6.28. The van der Waals surface area contributed by atoms with Crippen molar-refractivity contribution in [3.8, 4) is 0 Å². The van der Waals surface area contributed by atoms with E-state index < -0.39 is 0 Å². The van der Waals surface area contributed by atoms with Crippen LogP contribution in [0, 0.1) is 5.92 Å². The van der Waals surface area contributed by atoms with E-state index in [1.54, 1.807) is 0 Å². The third-order valence-electron chi connectivity index (χ3n) is 3.04. The highest BCUT2D eigenvalue weighted by atomic mass is 16.3. The normalized spacial score (nSPS) is 17.8. The summed E-state index contributed by atoms with van der Waals surface area (Å²) in [6.07, 6.45) is 8.22. The van der Waals surface area contributed by atoms with Gasteiger partial charge in [-0.2, -0.15) is 0 Å². The molecule has 16 heavy (non-hydrogen) atoms. The molecule has 92 valence electrons. The molecule has 2 N–H and O–H groups in total. The predicted octanol–water partition coefficient (Wildman–Crippen LogP) is 2.01. The SMILES string of the molecule is CC(CCO)CNC(=O)CC1=CCCCC1. The van der Waals surface area contributed by atoms with Gasteiger partial charge in [0.1, 0.15) is 0 Å². The maximum absolute atomic E-state index is 11.6. The molecule has 1 rings (SSSR count). The van der Waals surface area contributed by atoms with Gasteiger partial charge in [0, 0.05) is 19.6 Å².